The minimum atomic E-state index is -3.55. The van der Waals surface area contributed by atoms with Crippen LogP contribution in [0.4, 0.5) is 0 Å². The zero-order chi connectivity index (χ0) is 10.3. The Morgan fingerprint density at radius 1 is 1.36 bits per heavy atom. The molecule has 0 amide bonds. The number of benzene rings is 1. The van der Waals surface area contributed by atoms with Gasteiger partial charge in [-0.2, -0.15) is 0 Å². The van der Waals surface area contributed by atoms with Gasteiger partial charge in [-0.1, -0.05) is 11.6 Å². The third-order valence-corrected chi connectivity index (χ3v) is 3.63. The number of rotatable bonds is 0. The van der Waals surface area contributed by atoms with Gasteiger partial charge >= 0.3 is 0 Å². The molecular formula is C8H6ClNO3S. The molecule has 1 aliphatic rings. The van der Waals surface area contributed by atoms with E-state index in [4.69, 9.17) is 11.6 Å². The number of nitrogens with one attached hydrogen (secondary N) is 1. The third kappa shape index (κ3) is 1.43. The minimum absolute atomic E-state index is 0.0405. The van der Waals surface area contributed by atoms with E-state index in [-0.39, 0.29) is 22.8 Å². The van der Waals surface area contributed by atoms with Gasteiger partial charge in [-0.15, -0.1) is 0 Å². The molecule has 0 atom stereocenters. The van der Waals surface area contributed by atoms with Crippen LogP contribution in [0.3, 0.4) is 0 Å². The number of carbonyl (C=O) groups excluding carboxylic acids is 1. The van der Waals surface area contributed by atoms with Crippen molar-refractivity contribution in [3.05, 3.63) is 28.8 Å². The van der Waals surface area contributed by atoms with Crippen LogP contribution in [0.5, 0.6) is 0 Å². The fourth-order valence-corrected chi connectivity index (χ4v) is 2.75. The molecule has 0 unspecified atom stereocenters. The summed E-state index contributed by atoms with van der Waals surface area (Å²) >= 11 is 5.65. The monoisotopic (exact) mass is 231 g/mol. The Kier molecular flexibility index (Phi) is 2.10. The Bertz CT molecular complexity index is 509. The van der Waals surface area contributed by atoms with E-state index < -0.39 is 10.0 Å². The van der Waals surface area contributed by atoms with Gasteiger partial charge in [-0.25, -0.2) is 13.1 Å². The molecule has 0 fully saturated rings. The molecule has 0 aliphatic carbocycles. The maximum absolute atomic E-state index is 11.4. The standard InChI is InChI=1S/C8H6ClNO3S/c9-5-1-2-6-7(11)4-10-14(12,13)8(6)3-5/h1-3,10H,4H2. The average molecular weight is 232 g/mol. The van der Waals surface area contributed by atoms with Crippen molar-refractivity contribution in [2.45, 2.75) is 4.90 Å². The fraction of sp³-hybridized carbons (Fsp3) is 0.125. The molecule has 0 saturated heterocycles. The third-order valence-electron chi connectivity index (χ3n) is 1.96. The van der Waals surface area contributed by atoms with Crippen molar-refractivity contribution in [3.63, 3.8) is 0 Å². The summed E-state index contributed by atoms with van der Waals surface area (Å²) in [5, 5.41) is 0.295. The first-order valence-corrected chi connectivity index (χ1v) is 5.69. The van der Waals surface area contributed by atoms with Gasteiger partial charge in [0.2, 0.25) is 10.0 Å². The molecule has 14 heavy (non-hydrogen) atoms. The molecule has 1 aromatic carbocycles. The highest BCUT2D eigenvalue weighted by Gasteiger charge is 2.28. The smallest absolute Gasteiger partial charge is 0.241 e. The molecule has 6 heteroatoms. The van der Waals surface area contributed by atoms with Gasteiger partial charge in [0.05, 0.1) is 11.4 Å². The zero-order valence-electron chi connectivity index (χ0n) is 6.95. The molecule has 1 heterocycles. The predicted molar refractivity (Wildman–Crippen MR) is 51.0 cm³/mol. The van der Waals surface area contributed by atoms with E-state index in [1.807, 2.05) is 0 Å². The Morgan fingerprint density at radius 3 is 2.79 bits per heavy atom. The molecule has 0 radical (unpaired) electrons. The lowest BCUT2D eigenvalue weighted by atomic mass is 10.1. The number of fused-ring (bicyclic) bond motifs is 1. The highest BCUT2D eigenvalue weighted by Crippen LogP contribution is 2.23. The van der Waals surface area contributed by atoms with Crippen LogP contribution < -0.4 is 4.72 Å². The molecule has 4 nitrogen and oxygen atoms in total. The van der Waals surface area contributed by atoms with E-state index in [1.54, 1.807) is 0 Å². The number of hydrogen-bond donors (Lipinski definition) is 1. The first kappa shape index (κ1) is 9.64. The molecule has 74 valence electrons. The Balaban J connectivity index is 2.77. The summed E-state index contributed by atoms with van der Waals surface area (Å²) in [6, 6.07) is 4.20. The maximum Gasteiger partial charge on any atom is 0.241 e. The van der Waals surface area contributed by atoms with E-state index >= 15 is 0 Å². The normalized spacial score (nSPS) is 19.1. The van der Waals surface area contributed by atoms with E-state index in [0.29, 0.717) is 5.02 Å². The zero-order valence-corrected chi connectivity index (χ0v) is 8.52. The van der Waals surface area contributed by atoms with Crippen molar-refractivity contribution < 1.29 is 13.2 Å². The van der Waals surface area contributed by atoms with E-state index in [1.165, 1.54) is 18.2 Å². The van der Waals surface area contributed by atoms with Crippen LogP contribution in [0.2, 0.25) is 5.02 Å². The average Bonchev–Trinajstić information content (AvgIpc) is 2.12. The summed E-state index contributed by atoms with van der Waals surface area (Å²) in [6.45, 7) is -0.184. The molecule has 0 saturated carbocycles. The summed E-state index contributed by atoms with van der Waals surface area (Å²) in [6.07, 6.45) is 0. The quantitative estimate of drug-likeness (QED) is 0.719. The lowest BCUT2D eigenvalue weighted by molar-refractivity contribution is 0.0990. The molecule has 0 spiro atoms. The van der Waals surface area contributed by atoms with Crippen molar-refractivity contribution in [1.82, 2.24) is 4.72 Å². The Labute approximate surface area is 85.9 Å². The van der Waals surface area contributed by atoms with Gasteiger partial charge < -0.3 is 0 Å². The van der Waals surface area contributed by atoms with Gasteiger partial charge in [-0.3, -0.25) is 4.79 Å². The van der Waals surface area contributed by atoms with Gasteiger partial charge in [0, 0.05) is 10.6 Å². The molecule has 1 N–H and O–H groups in total. The topological polar surface area (TPSA) is 63.2 Å². The lowest BCUT2D eigenvalue weighted by Gasteiger charge is -2.15. The van der Waals surface area contributed by atoms with Gasteiger partial charge in [-0.05, 0) is 18.2 Å². The van der Waals surface area contributed by atoms with Crippen LogP contribution in [0.1, 0.15) is 10.4 Å². The second kappa shape index (κ2) is 3.05. The van der Waals surface area contributed by atoms with E-state index in [0.717, 1.165) is 0 Å². The maximum atomic E-state index is 11.4. The molecule has 2 rings (SSSR count). The predicted octanol–water partition coefficient (Wildman–Crippen LogP) is 0.815. The second-order valence-electron chi connectivity index (χ2n) is 2.89. The fourth-order valence-electron chi connectivity index (χ4n) is 1.28. The Hall–Kier alpha value is -0.910. The first-order chi connectivity index (χ1) is 6.50. The summed E-state index contributed by atoms with van der Waals surface area (Å²) < 4.78 is 25.1. The summed E-state index contributed by atoms with van der Waals surface area (Å²) in [7, 11) is -3.55. The molecular weight excluding hydrogens is 226 g/mol. The molecule has 0 aromatic heterocycles. The van der Waals surface area contributed by atoms with Crippen LogP contribution in [-0.4, -0.2) is 20.7 Å². The van der Waals surface area contributed by atoms with Crippen molar-refractivity contribution in [1.29, 1.82) is 0 Å². The molecule has 1 aromatic rings. The van der Waals surface area contributed by atoms with Gasteiger partial charge in [0.1, 0.15) is 0 Å². The van der Waals surface area contributed by atoms with Crippen LogP contribution in [0.25, 0.3) is 0 Å². The van der Waals surface area contributed by atoms with Crippen molar-refractivity contribution in [3.8, 4) is 0 Å². The van der Waals surface area contributed by atoms with Crippen LogP contribution in [0, 0.1) is 0 Å². The van der Waals surface area contributed by atoms with Crippen LogP contribution in [0.15, 0.2) is 23.1 Å². The van der Waals surface area contributed by atoms with Crippen molar-refractivity contribution in [2.24, 2.45) is 0 Å². The SMILES string of the molecule is O=C1CNS(=O)(=O)c2cc(Cl)ccc21. The highest BCUT2D eigenvalue weighted by atomic mass is 35.5. The lowest BCUT2D eigenvalue weighted by Crippen LogP contribution is -2.36. The van der Waals surface area contributed by atoms with Gasteiger partial charge in [0.15, 0.2) is 5.78 Å². The Morgan fingerprint density at radius 2 is 2.07 bits per heavy atom. The number of sulfonamides is 1. The molecule has 1 aliphatic heterocycles. The minimum Gasteiger partial charge on any atom is -0.293 e. The number of ketones is 1. The van der Waals surface area contributed by atoms with Crippen LogP contribution in [-0.2, 0) is 10.0 Å². The van der Waals surface area contributed by atoms with E-state index in [9.17, 15) is 13.2 Å². The van der Waals surface area contributed by atoms with Crippen LogP contribution >= 0.6 is 11.6 Å². The molecule has 0 bridgehead atoms. The number of carbonyl (C=O) groups is 1. The summed E-state index contributed by atoms with van der Waals surface area (Å²) in [5.41, 5.74) is 0.202. The number of hydrogen-bond acceptors (Lipinski definition) is 3. The first-order valence-electron chi connectivity index (χ1n) is 3.83. The summed E-state index contributed by atoms with van der Waals surface area (Å²) in [4.78, 5) is 11.3. The highest BCUT2D eigenvalue weighted by molar-refractivity contribution is 7.89. The van der Waals surface area contributed by atoms with Crippen molar-refractivity contribution >= 4 is 27.4 Å². The van der Waals surface area contributed by atoms with Gasteiger partial charge in [0.25, 0.3) is 0 Å². The second-order valence-corrected chi connectivity index (χ2v) is 5.06. The number of Topliss-reactive ketones (excluding diaryl/α,β-unsaturated/α-hetero) is 1. The largest absolute Gasteiger partial charge is 0.293 e. The van der Waals surface area contributed by atoms with E-state index in [2.05, 4.69) is 4.72 Å². The number of halogens is 1. The summed E-state index contributed by atoms with van der Waals surface area (Å²) in [5.74, 6) is -0.244. The van der Waals surface area contributed by atoms with Crippen molar-refractivity contribution in [2.75, 3.05) is 6.54 Å².